The van der Waals surface area contributed by atoms with Crippen molar-refractivity contribution in [2.45, 2.75) is 17.9 Å². The summed E-state index contributed by atoms with van der Waals surface area (Å²) >= 11 is 2.87. The lowest BCUT2D eigenvalue weighted by atomic mass is 10.2. The first-order chi connectivity index (χ1) is 11.7. The first-order valence-corrected chi connectivity index (χ1v) is 9.07. The molecule has 0 amide bonds. The van der Waals surface area contributed by atoms with Gasteiger partial charge in [0.25, 0.3) is 5.22 Å². The number of thioether (sulfide) groups is 1. The number of aliphatic hydroxyl groups excluding tert-OH is 1. The second-order valence-corrected chi connectivity index (χ2v) is 6.94. The Kier molecular flexibility index (Phi) is 5.97. The minimum absolute atomic E-state index is 0.240. The molecule has 126 valence electrons. The van der Waals surface area contributed by atoms with Gasteiger partial charge in [-0.05, 0) is 35.7 Å². The molecule has 5 nitrogen and oxygen atoms in total. The molecule has 0 spiro atoms. The van der Waals surface area contributed by atoms with Crippen LogP contribution >= 0.6 is 23.1 Å². The van der Waals surface area contributed by atoms with Gasteiger partial charge in [0.2, 0.25) is 5.89 Å². The number of thiophene rings is 1. The van der Waals surface area contributed by atoms with E-state index in [0.717, 1.165) is 4.88 Å². The van der Waals surface area contributed by atoms with Crippen LogP contribution in [0.5, 0.6) is 0 Å². The van der Waals surface area contributed by atoms with Crippen LogP contribution in [-0.2, 0) is 11.3 Å². The molecule has 24 heavy (non-hydrogen) atoms. The maximum Gasteiger partial charge on any atom is 0.276 e. The smallest absolute Gasteiger partial charge is 0.276 e. The molecule has 0 bridgehead atoms. The third-order valence-electron chi connectivity index (χ3n) is 3.03. The van der Waals surface area contributed by atoms with Gasteiger partial charge >= 0.3 is 0 Å². The molecule has 0 aliphatic heterocycles. The van der Waals surface area contributed by atoms with Crippen LogP contribution in [0.25, 0.3) is 11.5 Å². The minimum Gasteiger partial charge on any atom is -0.411 e. The van der Waals surface area contributed by atoms with Gasteiger partial charge in [0, 0.05) is 16.2 Å². The van der Waals surface area contributed by atoms with Crippen LogP contribution in [0.15, 0.2) is 51.4 Å². The van der Waals surface area contributed by atoms with Crippen molar-refractivity contribution >= 4 is 23.1 Å². The van der Waals surface area contributed by atoms with Crippen LogP contribution in [-0.4, -0.2) is 33.8 Å². The molecule has 1 N–H and O–H groups in total. The molecule has 0 aliphatic rings. The lowest BCUT2D eigenvalue weighted by molar-refractivity contribution is 0.0408. The maximum absolute atomic E-state index is 12.9. The Hall–Kier alpha value is -1.74. The standard InChI is InChI=1S/C16H15FN2O3S2/c17-12-5-3-11(4-6-12)15-18-19-16(22-15)24-10-13(20)8-21-9-14-2-1-7-23-14/h1-7,13,20H,8-10H2/t13-/m0/s1. The summed E-state index contributed by atoms with van der Waals surface area (Å²) in [4.78, 5) is 1.12. The van der Waals surface area contributed by atoms with Crippen LogP contribution in [0.4, 0.5) is 4.39 Å². The van der Waals surface area contributed by atoms with E-state index in [-0.39, 0.29) is 12.4 Å². The van der Waals surface area contributed by atoms with Gasteiger partial charge in [0.1, 0.15) is 5.82 Å². The zero-order valence-electron chi connectivity index (χ0n) is 12.6. The molecular weight excluding hydrogens is 351 g/mol. The molecular formula is C16H15FN2O3S2. The van der Waals surface area contributed by atoms with Gasteiger partial charge in [-0.3, -0.25) is 0 Å². The molecule has 8 heteroatoms. The highest BCUT2D eigenvalue weighted by Gasteiger charge is 2.12. The van der Waals surface area contributed by atoms with Crippen molar-refractivity contribution in [2.75, 3.05) is 12.4 Å². The Labute approximate surface area is 146 Å². The average molecular weight is 366 g/mol. The van der Waals surface area contributed by atoms with Crippen molar-refractivity contribution in [2.24, 2.45) is 0 Å². The highest BCUT2D eigenvalue weighted by atomic mass is 32.2. The molecule has 3 aromatic rings. The molecule has 0 fully saturated rings. The van der Waals surface area contributed by atoms with Gasteiger partial charge in [-0.2, -0.15) is 0 Å². The predicted octanol–water partition coefficient (Wildman–Crippen LogP) is 3.61. The van der Waals surface area contributed by atoms with E-state index in [2.05, 4.69) is 10.2 Å². The average Bonchev–Trinajstić information content (AvgIpc) is 3.25. The van der Waals surface area contributed by atoms with Crippen molar-refractivity contribution in [3.63, 3.8) is 0 Å². The highest BCUT2D eigenvalue weighted by Crippen LogP contribution is 2.23. The Balaban J connectivity index is 1.44. The first kappa shape index (κ1) is 17.1. The molecule has 0 aliphatic carbocycles. The summed E-state index contributed by atoms with van der Waals surface area (Å²) in [7, 11) is 0. The fraction of sp³-hybridized carbons (Fsp3) is 0.250. The van der Waals surface area contributed by atoms with Gasteiger partial charge in [0.05, 0.1) is 19.3 Å². The van der Waals surface area contributed by atoms with E-state index in [4.69, 9.17) is 9.15 Å². The van der Waals surface area contributed by atoms with Crippen molar-refractivity contribution in [1.82, 2.24) is 10.2 Å². The van der Waals surface area contributed by atoms with E-state index in [1.165, 1.54) is 23.9 Å². The summed E-state index contributed by atoms with van der Waals surface area (Å²) < 4.78 is 23.8. The topological polar surface area (TPSA) is 68.4 Å². The summed E-state index contributed by atoms with van der Waals surface area (Å²) in [5, 5.41) is 20.1. The second kappa shape index (κ2) is 8.39. The van der Waals surface area contributed by atoms with Crippen LogP contribution < -0.4 is 0 Å². The highest BCUT2D eigenvalue weighted by molar-refractivity contribution is 7.99. The van der Waals surface area contributed by atoms with Crippen LogP contribution in [0.3, 0.4) is 0 Å². The quantitative estimate of drug-likeness (QED) is 0.614. The summed E-state index contributed by atoms with van der Waals surface area (Å²) in [6.45, 7) is 0.735. The summed E-state index contributed by atoms with van der Waals surface area (Å²) in [5.41, 5.74) is 0.649. The van der Waals surface area contributed by atoms with Gasteiger partial charge in [-0.15, -0.1) is 21.5 Å². The largest absolute Gasteiger partial charge is 0.411 e. The maximum atomic E-state index is 12.9. The number of nitrogens with zero attached hydrogens (tertiary/aromatic N) is 2. The van der Waals surface area contributed by atoms with E-state index >= 15 is 0 Å². The molecule has 1 atom stereocenters. The van der Waals surface area contributed by atoms with E-state index in [1.54, 1.807) is 23.5 Å². The monoisotopic (exact) mass is 366 g/mol. The number of hydrogen-bond acceptors (Lipinski definition) is 7. The zero-order chi connectivity index (χ0) is 16.8. The van der Waals surface area contributed by atoms with Crippen molar-refractivity contribution in [3.05, 3.63) is 52.5 Å². The summed E-state index contributed by atoms with van der Waals surface area (Å²) in [6, 6.07) is 9.77. The molecule has 2 heterocycles. The minimum atomic E-state index is -0.629. The SMILES string of the molecule is O[C@@H](COCc1cccs1)CSc1nnc(-c2ccc(F)cc2)o1. The Morgan fingerprint density at radius 3 is 2.83 bits per heavy atom. The lowest BCUT2D eigenvalue weighted by Gasteiger charge is -2.08. The number of benzene rings is 1. The van der Waals surface area contributed by atoms with Crippen LogP contribution in [0.1, 0.15) is 4.88 Å². The van der Waals surface area contributed by atoms with E-state index in [0.29, 0.717) is 29.0 Å². The Bertz CT molecular complexity index is 747. The zero-order valence-corrected chi connectivity index (χ0v) is 14.2. The van der Waals surface area contributed by atoms with Gasteiger partial charge in [-0.25, -0.2) is 4.39 Å². The molecule has 0 saturated heterocycles. The van der Waals surface area contributed by atoms with E-state index < -0.39 is 6.10 Å². The normalized spacial score (nSPS) is 12.4. The van der Waals surface area contributed by atoms with E-state index in [9.17, 15) is 9.50 Å². The third-order valence-corrected chi connectivity index (χ3v) is 4.84. The van der Waals surface area contributed by atoms with Crippen molar-refractivity contribution < 1.29 is 18.7 Å². The third kappa shape index (κ3) is 4.88. The second-order valence-electron chi connectivity index (χ2n) is 4.94. The predicted molar refractivity (Wildman–Crippen MR) is 90.4 cm³/mol. The van der Waals surface area contributed by atoms with Gasteiger partial charge in [-0.1, -0.05) is 17.8 Å². The first-order valence-electron chi connectivity index (χ1n) is 7.21. The van der Waals surface area contributed by atoms with Crippen molar-refractivity contribution in [1.29, 1.82) is 0 Å². The Morgan fingerprint density at radius 1 is 1.25 bits per heavy atom. The number of ether oxygens (including phenoxy) is 1. The number of halogens is 1. The van der Waals surface area contributed by atoms with Gasteiger partial charge in [0.15, 0.2) is 0 Å². The molecule has 0 saturated carbocycles. The molecule has 2 aromatic heterocycles. The fourth-order valence-electron chi connectivity index (χ4n) is 1.88. The Morgan fingerprint density at radius 2 is 2.08 bits per heavy atom. The lowest BCUT2D eigenvalue weighted by Crippen LogP contribution is -2.17. The molecule has 0 radical (unpaired) electrons. The summed E-state index contributed by atoms with van der Waals surface area (Å²) in [6.07, 6.45) is -0.629. The van der Waals surface area contributed by atoms with Gasteiger partial charge < -0.3 is 14.3 Å². The molecule has 1 aromatic carbocycles. The number of hydrogen-bond donors (Lipinski definition) is 1. The fourth-order valence-corrected chi connectivity index (χ4v) is 3.19. The molecule has 3 rings (SSSR count). The van der Waals surface area contributed by atoms with E-state index in [1.807, 2.05) is 17.5 Å². The van der Waals surface area contributed by atoms with Crippen LogP contribution in [0, 0.1) is 5.82 Å². The number of aliphatic hydroxyl groups is 1. The summed E-state index contributed by atoms with van der Waals surface area (Å²) in [5.74, 6) is 0.384. The van der Waals surface area contributed by atoms with Crippen molar-refractivity contribution in [3.8, 4) is 11.5 Å². The number of rotatable bonds is 8. The number of aromatic nitrogens is 2. The van der Waals surface area contributed by atoms with Crippen LogP contribution in [0.2, 0.25) is 0 Å². The molecule has 0 unspecified atom stereocenters.